The zero-order chi connectivity index (χ0) is 22.4. The molecule has 1 heterocycles. The lowest BCUT2D eigenvalue weighted by Crippen LogP contribution is -2.23. The first-order valence-electron chi connectivity index (χ1n) is 9.04. The van der Waals surface area contributed by atoms with Crippen LogP contribution in [0.25, 0.3) is 0 Å². The molecule has 0 aliphatic rings. The average molecular weight is 451 g/mol. The van der Waals surface area contributed by atoms with E-state index in [1.54, 1.807) is 18.2 Å². The highest BCUT2D eigenvalue weighted by atomic mass is 32.2. The van der Waals surface area contributed by atoms with Crippen LogP contribution in [-0.2, 0) is 22.1 Å². The highest BCUT2D eigenvalue weighted by Crippen LogP contribution is 2.29. The summed E-state index contributed by atoms with van der Waals surface area (Å²) in [6, 6.07) is 13.5. The zero-order valence-corrected chi connectivity index (χ0v) is 17.2. The molecule has 0 unspecified atom stereocenters. The van der Waals surface area contributed by atoms with Gasteiger partial charge in [-0.3, -0.25) is 4.79 Å². The number of benzene rings is 2. The van der Waals surface area contributed by atoms with E-state index in [-0.39, 0.29) is 34.3 Å². The van der Waals surface area contributed by atoms with Gasteiger partial charge in [-0.1, -0.05) is 24.3 Å². The van der Waals surface area contributed by atoms with Crippen molar-refractivity contribution in [3.63, 3.8) is 0 Å². The standard InChI is InChI=1S/C21H19F2NO6S/c1-28-18-11-14(7-8-17(18)30-21(22)23)12-24-20(25)19-15(9-10-29-19)13-31(26,27)16-5-3-2-4-6-16/h2-11,21H,12-13H2,1H3,(H,24,25). The molecule has 1 amide bonds. The third kappa shape index (κ3) is 5.60. The monoisotopic (exact) mass is 451 g/mol. The van der Waals surface area contributed by atoms with E-state index in [1.807, 2.05) is 0 Å². The Balaban J connectivity index is 1.69. The maximum absolute atomic E-state index is 12.6. The molecule has 3 aromatic rings. The van der Waals surface area contributed by atoms with Crippen molar-refractivity contribution in [2.45, 2.75) is 23.8 Å². The molecule has 0 fully saturated rings. The zero-order valence-electron chi connectivity index (χ0n) is 16.4. The van der Waals surface area contributed by atoms with Crippen molar-refractivity contribution in [3.05, 3.63) is 77.7 Å². The first-order chi connectivity index (χ1) is 14.8. The minimum Gasteiger partial charge on any atom is -0.493 e. The number of carbonyl (C=O) groups excluding carboxylic acids is 1. The maximum Gasteiger partial charge on any atom is 0.387 e. The van der Waals surface area contributed by atoms with Crippen molar-refractivity contribution in [2.24, 2.45) is 0 Å². The van der Waals surface area contributed by atoms with Gasteiger partial charge in [0.15, 0.2) is 27.1 Å². The fourth-order valence-corrected chi connectivity index (χ4v) is 4.22. The van der Waals surface area contributed by atoms with E-state index in [4.69, 9.17) is 9.15 Å². The van der Waals surface area contributed by atoms with Gasteiger partial charge in [0.2, 0.25) is 0 Å². The lowest BCUT2D eigenvalue weighted by Gasteiger charge is -2.12. The molecule has 0 saturated heterocycles. The van der Waals surface area contributed by atoms with Gasteiger partial charge in [-0.05, 0) is 35.9 Å². The molecule has 1 N–H and O–H groups in total. The number of rotatable bonds is 9. The fourth-order valence-electron chi connectivity index (χ4n) is 2.84. The van der Waals surface area contributed by atoms with Crippen molar-refractivity contribution >= 4 is 15.7 Å². The van der Waals surface area contributed by atoms with Gasteiger partial charge >= 0.3 is 6.61 Å². The first-order valence-corrected chi connectivity index (χ1v) is 10.7. The summed E-state index contributed by atoms with van der Waals surface area (Å²) in [7, 11) is -2.36. The molecule has 31 heavy (non-hydrogen) atoms. The van der Waals surface area contributed by atoms with Gasteiger partial charge in [0, 0.05) is 12.1 Å². The normalized spacial score (nSPS) is 11.4. The summed E-state index contributed by atoms with van der Waals surface area (Å²) >= 11 is 0. The molecule has 2 aromatic carbocycles. The van der Waals surface area contributed by atoms with Gasteiger partial charge < -0.3 is 19.2 Å². The van der Waals surface area contributed by atoms with Gasteiger partial charge in [0.05, 0.1) is 24.0 Å². The topological polar surface area (TPSA) is 94.8 Å². The van der Waals surface area contributed by atoms with Crippen LogP contribution < -0.4 is 14.8 Å². The Labute approximate surface area is 177 Å². The van der Waals surface area contributed by atoms with Gasteiger partial charge in [0.1, 0.15) is 0 Å². The average Bonchev–Trinajstić information content (AvgIpc) is 3.20. The number of nitrogens with one attached hydrogen (secondary N) is 1. The number of ether oxygens (including phenoxy) is 2. The van der Waals surface area contributed by atoms with Crippen LogP contribution in [0.1, 0.15) is 21.7 Å². The lowest BCUT2D eigenvalue weighted by molar-refractivity contribution is -0.0512. The van der Waals surface area contributed by atoms with E-state index >= 15 is 0 Å². The third-order valence-electron chi connectivity index (χ3n) is 4.30. The van der Waals surface area contributed by atoms with Crippen LogP contribution in [-0.4, -0.2) is 28.0 Å². The summed E-state index contributed by atoms with van der Waals surface area (Å²) < 4.78 is 64.6. The van der Waals surface area contributed by atoms with E-state index in [9.17, 15) is 22.0 Å². The molecule has 0 aliphatic carbocycles. The largest absolute Gasteiger partial charge is 0.493 e. The molecule has 7 nitrogen and oxygen atoms in total. The molecule has 0 spiro atoms. The molecule has 1 aromatic heterocycles. The van der Waals surface area contributed by atoms with Crippen LogP contribution in [0.3, 0.4) is 0 Å². The molecular formula is C21H19F2NO6S. The van der Waals surface area contributed by atoms with Crippen LogP contribution >= 0.6 is 0 Å². The number of carbonyl (C=O) groups is 1. The lowest BCUT2D eigenvalue weighted by atomic mass is 10.2. The second kappa shape index (κ2) is 9.61. The van der Waals surface area contributed by atoms with Crippen LogP contribution in [0.15, 0.2) is 70.2 Å². The van der Waals surface area contributed by atoms with Crippen molar-refractivity contribution in [3.8, 4) is 11.5 Å². The Bertz CT molecular complexity index is 1150. The Morgan fingerprint density at radius 2 is 1.84 bits per heavy atom. The Morgan fingerprint density at radius 3 is 2.52 bits per heavy atom. The van der Waals surface area contributed by atoms with E-state index in [2.05, 4.69) is 10.1 Å². The maximum atomic E-state index is 12.6. The van der Waals surface area contributed by atoms with Crippen molar-refractivity contribution in [1.29, 1.82) is 0 Å². The Morgan fingerprint density at radius 1 is 1.10 bits per heavy atom. The van der Waals surface area contributed by atoms with Gasteiger partial charge in [0.25, 0.3) is 5.91 Å². The highest BCUT2D eigenvalue weighted by molar-refractivity contribution is 7.90. The predicted molar refractivity (Wildman–Crippen MR) is 107 cm³/mol. The van der Waals surface area contributed by atoms with E-state index < -0.39 is 28.1 Å². The molecule has 0 bridgehead atoms. The third-order valence-corrected chi connectivity index (χ3v) is 5.98. The second-order valence-electron chi connectivity index (χ2n) is 6.39. The van der Waals surface area contributed by atoms with E-state index in [0.29, 0.717) is 5.56 Å². The van der Waals surface area contributed by atoms with Crippen molar-refractivity contribution < 1.29 is 35.9 Å². The molecule has 3 rings (SSSR count). The number of halogens is 2. The Hall–Kier alpha value is -3.40. The first kappa shape index (κ1) is 22.3. The summed E-state index contributed by atoms with van der Waals surface area (Å²) in [6.45, 7) is -2.97. The van der Waals surface area contributed by atoms with Crippen LogP contribution in [0, 0.1) is 0 Å². The summed E-state index contributed by atoms with van der Waals surface area (Å²) in [5.74, 6) is -1.19. The summed E-state index contributed by atoms with van der Waals surface area (Å²) in [4.78, 5) is 12.7. The molecule has 0 radical (unpaired) electrons. The second-order valence-corrected chi connectivity index (χ2v) is 8.38. The summed E-state index contributed by atoms with van der Waals surface area (Å²) in [6.07, 6.45) is 1.24. The Kier molecular flexibility index (Phi) is 6.91. The van der Waals surface area contributed by atoms with Gasteiger partial charge in [-0.2, -0.15) is 8.78 Å². The highest BCUT2D eigenvalue weighted by Gasteiger charge is 2.22. The number of furan rings is 1. The minimum absolute atomic E-state index is 0.0235. The smallest absolute Gasteiger partial charge is 0.387 e. The molecular weight excluding hydrogens is 432 g/mol. The van der Waals surface area contributed by atoms with E-state index in [1.165, 1.54) is 49.8 Å². The quantitative estimate of drug-likeness (QED) is 0.532. The molecule has 0 saturated carbocycles. The SMILES string of the molecule is COc1cc(CNC(=O)c2occc2CS(=O)(=O)c2ccccc2)ccc1OC(F)F. The van der Waals surface area contributed by atoms with Crippen LogP contribution in [0.5, 0.6) is 11.5 Å². The summed E-state index contributed by atoms with van der Waals surface area (Å²) in [5.41, 5.74) is 0.774. The van der Waals surface area contributed by atoms with Crippen LogP contribution in [0.2, 0.25) is 0 Å². The summed E-state index contributed by atoms with van der Waals surface area (Å²) in [5, 5.41) is 2.61. The van der Waals surface area contributed by atoms with Crippen molar-refractivity contribution in [2.75, 3.05) is 7.11 Å². The van der Waals surface area contributed by atoms with Crippen LogP contribution in [0.4, 0.5) is 8.78 Å². The van der Waals surface area contributed by atoms with E-state index in [0.717, 1.165) is 0 Å². The predicted octanol–water partition coefficient (Wildman–Crippen LogP) is 3.79. The number of methoxy groups -OCH3 is 1. The number of sulfone groups is 1. The minimum atomic E-state index is -3.66. The number of amides is 1. The molecule has 0 aliphatic heterocycles. The van der Waals surface area contributed by atoms with Crippen molar-refractivity contribution in [1.82, 2.24) is 5.32 Å². The number of hydrogen-bond acceptors (Lipinski definition) is 6. The molecule has 10 heteroatoms. The fraction of sp³-hybridized carbons (Fsp3) is 0.190. The van der Waals surface area contributed by atoms with Gasteiger partial charge in [-0.15, -0.1) is 0 Å². The number of alkyl halides is 2. The van der Waals surface area contributed by atoms with Gasteiger partial charge in [-0.25, -0.2) is 8.42 Å². The molecule has 0 atom stereocenters. The number of hydrogen-bond donors (Lipinski definition) is 1. The molecule has 164 valence electrons.